The van der Waals surface area contributed by atoms with Gasteiger partial charge in [0, 0.05) is 18.8 Å². The predicted molar refractivity (Wildman–Crippen MR) is 65.8 cm³/mol. The molecule has 0 bridgehead atoms. The number of ether oxygens (including phenoxy) is 1. The Bertz CT molecular complexity index is 371. The van der Waals surface area contributed by atoms with Gasteiger partial charge >= 0.3 is 5.97 Å². The van der Waals surface area contributed by atoms with Crippen molar-refractivity contribution in [2.45, 2.75) is 45.6 Å². The van der Waals surface area contributed by atoms with Crippen LogP contribution in [0.4, 0.5) is 0 Å². The second kappa shape index (κ2) is 5.96. The Kier molecular flexibility index (Phi) is 4.87. The minimum absolute atomic E-state index is 0.174. The van der Waals surface area contributed by atoms with E-state index in [9.17, 15) is 4.79 Å². The number of nitrogens with zero attached hydrogens (tertiary/aromatic N) is 2. The van der Waals surface area contributed by atoms with E-state index in [1.165, 1.54) is 0 Å². The Hall–Kier alpha value is -1.16. The van der Waals surface area contributed by atoms with Crippen LogP contribution >= 0.6 is 11.6 Å². The van der Waals surface area contributed by atoms with Gasteiger partial charge in [0.15, 0.2) is 0 Å². The molecule has 0 N–H and O–H groups in total. The molecule has 0 fully saturated rings. The van der Waals surface area contributed by atoms with Gasteiger partial charge in [0.1, 0.15) is 5.60 Å². The van der Waals surface area contributed by atoms with E-state index >= 15 is 0 Å². The Morgan fingerprint density at radius 1 is 1.35 bits per heavy atom. The van der Waals surface area contributed by atoms with Crippen LogP contribution in [-0.4, -0.2) is 21.5 Å². The molecule has 0 saturated carbocycles. The van der Waals surface area contributed by atoms with Gasteiger partial charge in [0.25, 0.3) is 0 Å². The molecule has 0 radical (unpaired) electrons. The molecule has 94 valence electrons. The van der Waals surface area contributed by atoms with Crippen molar-refractivity contribution < 1.29 is 9.53 Å². The molecule has 0 aliphatic carbocycles. The summed E-state index contributed by atoms with van der Waals surface area (Å²) >= 11 is 5.57. The molecule has 0 aliphatic heterocycles. The molecule has 0 aliphatic rings. The van der Waals surface area contributed by atoms with E-state index in [0.29, 0.717) is 6.42 Å². The van der Waals surface area contributed by atoms with E-state index in [2.05, 4.69) is 9.97 Å². The highest BCUT2D eigenvalue weighted by Crippen LogP contribution is 2.11. The number of hydrogen-bond acceptors (Lipinski definition) is 4. The number of carbonyl (C=O) groups excluding carboxylic acids is 1. The van der Waals surface area contributed by atoms with Crippen molar-refractivity contribution in [1.82, 2.24) is 9.97 Å². The molecule has 0 amide bonds. The Morgan fingerprint density at radius 2 is 1.94 bits per heavy atom. The molecule has 5 heteroatoms. The van der Waals surface area contributed by atoms with Crippen LogP contribution in [0.5, 0.6) is 0 Å². The van der Waals surface area contributed by atoms with Gasteiger partial charge in [-0.3, -0.25) is 4.79 Å². The average Bonchev–Trinajstić information content (AvgIpc) is 2.18. The minimum Gasteiger partial charge on any atom is -0.460 e. The van der Waals surface area contributed by atoms with Crippen LogP contribution in [0.25, 0.3) is 0 Å². The number of hydrogen-bond donors (Lipinski definition) is 0. The molecule has 1 aromatic rings. The average molecular weight is 257 g/mol. The number of rotatable bonds is 4. The zero-order chi connectivity index (χ0) is 12.9. The van der Waals surface area contributed by atoms with E-state index in [4.69, 9.17) is 16.3 Å². The first-order valence-electron chi connectivity index (χ1n) is 5.55. The van der Waals surface area contributed by atoms with Crippen LogP contribution in [0.3, 0.4) is 0 Å². The predicted octanol–water partition coefficient (Wildman–Crippen LogP) is 2.79. The first-order valence-corrected chi connectivity index (χ1v) is 5.93. The first-order chi connectivity index (χ1) is 7.87. The van der Waals surface area contributed by atoms with Gasteiger partial charge in [0.05, 0.1) is 0 Å². The summed E-state index contributed by atoms with van der Waals surface area (Å²) in [6.07, 6.45) is 5.21. The maximum atomic E-state index is 11.4. The van der Waals surface area contributed by atoms with Crippen molar-refractivity contribution in [3.63, 3.8) is 0 Å². The summed E-state index contributed by atoms with van der Waals surface area (Å²) in [5.74, 6) is -0.174. The fourth-order valence-electron chi connectivity index (χ4n) is 1.30. The number of carbonyl (C=O) groups is 1. The summed E-state index contributed by atoms with van der Waals surface area (Å²) in [6, 6.07) is 0. The highest BCUT2D eigenvalue weighted by atomic mass is 35.5. The quantitative estimate of drug-likeness (QED) is 0.614. The monoisotopic (exact) mass is 256 g/mol. The zero-order valence-corrected chi connectivity index (χ0v) is 11.1. The van der Waals surface area contributed by atoms with Crippen LogP contribution in [0.1, 0.15) is 39.2 Å². The Labute approximate surface area is 106 Å². The smallest absolute Gasteiger partial charge is 0.306 e. The van der Waals surface area contributed by atoms with E-state index in [-0.39, 0.29) is 11.3 Å². The van der Waals surface area contributed by atoms with Crippen LogP contribution < -0.4 is 0 Å². The fourth-order valence-corrected chi connectivity index (χ4v) is 1.40. The minimum atomic E-state index is -0.416. The zero-order valence-electron chi connectivity index (χ0n) is 10.4. The highest BCUT2D eigenvalue weighted by molar-refractivity contribution is 6.28. The molecular formula is C12H17ClN2O2. The number of esters is 1. The third kappa shape index (κ3) is 6.22. The van der Waals surface area contributed by atoms with Crippen LogP contribution in [0, 0.1) is 0 Å². The molecule has 0 saturated heterocycles. The van der Waals surface area contributed by atoms with Crippen molar-refractivity contribution in [3.8, 4) is 0 Å². The van der Waals surface area contributed by atoms with Crippen molar-refractivity contribution in [3.05, 3.63) is 23.2 Å². The number of halogens is 1. The third-order valence-corrected chi connectivity index (χ3v) is 2.14. The Morgan fingerprint density at radius 3 is 2.47 bits per heavy atom. The molecule has 1 heterocycles. The lowest BCUT2D eigenvalue weighted by Crippen LogP contribution is -2.23. The molecule has 0 spiro atoms. The maximum Gasteiger partial charge on any atom is 0.306 e. The fraction of sp³-hybridized carbons (Fsp3) is 0.583. The lowest BCUT2D eigenvalue weighted by molar-refractivity contribution is -0.154. The van der Waals surface area contributed by atoms with Gasteiger partial charge in [-0.1, -0.05) is 0 Å². The lowest BCUT2D eigenvalue weighted by atomic mass is 10.1. The van der Waals surface area contributed by atoms with E-state index in [1.54, 1.807) is 12.4 Å². The number of aryl methyl sites for hydroxylation is 1. The summed E-state index contributed by atoms with van der Waals surface area (Å²) in [7, 11) is 0. The first kappa shape index (κ1) is 13.9. The van der Waals surface area contributed by atoms with Crippen LogP contribution in [0.2, 0.25) is 5.28 Å². The van der Waals surface area contributed by atoms with Gasteiger partial charge in [-0.2, -0.15) is 0 Å². The van der Waals surface area contributed by atoms with Crippen molar-refractivity contribution in [1.29, 1.82) is 0 Å². The molecule has 4 nitrogen and oxygen atoms in total. The topological polar surface area (TPSA) is 52.1 Å². The molecule has 0 unspecified atom stereocenters. The van der Waals surface area contributed by atoms with E-state index in [0.717, 1.165) is 18.4 Å². The lowest BCUT2D eigenvalue weighted by Gasteiger charge is -2.19. The van der Waals surface area contributed by atoms with Crippen molar-refractivity contribution >= 4 is 17.6 Å². The van der Waals surface area contributed by atoms with Crippen molar-refractivity contribution in [2.24, 2.45) is 0 Å². The summed E-state index contributed by atoms with van der Waals surface area (Å²) in [6.45, 7) is 5.58. The van der Waals surface area contributed by atoms with Crippen LogP contribution in [-0.2, 0) is 16.0 Å². The summed E-state index contributed by atoms with van der Waals surface area (Å²) < 4.78 is 5.20. The molecular weight excluding hydrogens is 240 g/mol. The SMILES string of the molecule is CC(C)(C)OC(=O)CCCc1cnc(Cl)nc1. The van der Waals surface area contributed by atoms with Crippen LogP contribution in [0.15, 0.2) is 12.4 Å². The molecule has 1 rings (SSSR count). The molecule has 1 aromatic heterocycles. The number of aromatic nitrogens is 2. The Balaban J connectivity index is 2.28. The maximum absolute atomic E-state index is 11.4. The summed E-state index contributed by atoms with van der Waals surface area (Å²) in [5, 5.41) is 0.237. The molecule has 0 aromatic carbocycles. The largest absolute Gasteiger partial charge is 0.460 e. The van der Waals surface area contributed by atoms with Gasteiger partial charge in [-0.15, -0.1) is 0 Å². The summed E-state index contributed by atoms with van der Waals surface area (Å²) in [4.78, 5) is 19.2. The van der Waals surface area contributed by atoms with Gasteiger partial charge in [0.2, 0.25) is 5.28 Å². The standard InChI is InChI=1S/C12H17ClN2O2/c1-12(2,3)17-10(16)6-4-5-9-7-14-11(13)15-8-9/h7-8H,4-6H2,1-3H3. The van der Waals surface area contributed by atoms with Crippen molar-refractivity contribution in [2.75, 3.05) is 0 Å². The highest BCUT2D eigenvalue weighted by Gasteiger charge is 2.15. The second-order valence-electron chi connectivity index (χ2n) is 4.80. The molecule has 17 heavy (non-hydrogen) atoms. The third-order valence-electron chi connectivity index (χ3n) is 1.94. The van der Waals surface area contributed by atoms with Gasteiger partial charge < -0.3 is 4.74 Å². The molecule has 0 atom stereocenters. The second-order valence-corrected chi connectivity index (χ2v) is 5.14. The van der Waals surface area contributed by atoms with Gasteiger partial charge in [-0.05, 0) is 50.8 Å². The van der Waals surface area contributed by atoms with E-state index in [1.807, 2.05) is 20.8 Å². The van der Waals surface area contributed by atoms with Gasteiger partial charge in [-0.25, -0.2) is 9.97 Å². The normalized spacial score (nSPS) is 11.3. The summed E-state index contributed by atoms with van der Waals surface area (Å²) in [5.41, 5.74) is 0.554. The van der Waals surface area contributed by atoms with E-state index < -0.39 is 5.60 Å².